The molecule has 0 bridgehead atoms. The van der Waals surface area contributed by atoms with E-state index < -0.39 is 18.1 Å². The lowest BCUT2D eigenvalue weighted by Gasteiger charge is -2.28. The highest BCUT2D eigenvalue weighted by Gasteiger charge is 2.40. The van der Waals surface area contributed by atoms with Gasteiger partial charge in [0.15, 0.2) is 11.2 Å². The monoisotopic (exact) mass is 387 g/mol. The Labute approximate surface area is 160 Å². The van der Waals surface area contributed by atoms with Crippen molar-refractivity contribution in [2.24, 2.45) is 5.92 Å². The molecule has 0 saturated heterocycles. The second-order valence-electron chi connectivity index (χ2n) is 7.38. The van der Waals surface area contributed by atoms with E-state index in [0.717, 1.165) is 17.3 Å². The molecule has 3 heterocycles. The first-order valence-corrected chi connectivity index (χ1v) is 9.22. The van der Waals surface area contributed by atoms with Crippen LogP contribution in [0.4, 0.5) is 0 Å². The summed E-state index contributed by atoms with van der Waals surface area (Å²) in [5.41, 5.74) is 1.45. The minimum absolute atomic E-state index is 0.0512. The van der Waals surface area contributed by atoms with Crippen molar-refractivity contribution in [2.75, 3.05) is 6.54 Å². The number of aliphatic hydroxyl groups is 1. The number of rotatable bonds is 3. The Bertz CT molecular complexity index is 965. The molecule has 2 aromatic heterocycles. The summed E-state index contributed by atoms with van der Waals surface area (Å²) in [5, 5.41) is 16.9. The molecule has 2 aromatic rings. The van der Waals surface area contributed by atoms with Gasteiger partial charge in [0.2, 0.25) is 5.91 Å². The molecule has 2 aliphatic rings. The van der Waals surface area contributed by atoms with E-state index in [1.807, 2.05) is 0 Å². The van der Waals surface area contributed by atoms with E-state index in [2.05, 4.69) is 10.5 Å². The van der Waals surface area contributed by atoms with Gasteiger partial charge < -0.3 is 24.3 Å². The molecule has 28 heavy (non-hydrogen) atoms. The zero-order valence-corrected chi connectivity index (χ0v) is 15.4. The molecule has 2 N–H and O–H groups in total. The van der Waals surface area contributed by atoms with Crippen molar-refractivity contribution in [3.63, 3.8) is 0 Å². The number of nitrogens with zero attached hydrogens (tertiary/aromatic N) is 2. The predicted octanol–water partition coefficient (Wildman–Crippen LogP) is 0.390. The average molecular weight is 387 g/mol. The Morgan fingerprint density at radius 1 is 1.32 bits per heavy atom. The first-order chi connectivity index (χ1) is 13.4. The second-order valence-corrected chi connectivity index (χ2v) is 7.38. The number of hydrogen-bond donors (Lipinski definition) is 2. The smallest absolute Gasteiger partial charge is 0.287 e. The quantitative estimate of drug-likeness (QED) is 0.780. The highest BCUT2D eigenvalue weighted by Crippen LogP contribution is 2.30. The van der Waals surface area contributed by atoms with Gasteiger partial charge in [-0.3, -0.25) is 14.4 Å². The molecule has 1 aliphatic carbocycles. The Morgan fingerprint density at radius 3 is 2.93 bits per heavy atom. The van der Waals surface area contributed by atoms with Crippen LogP contribution in [-0.2, 0) is 17.8 Å². The number of carbonyl (C=O) groups is 2. The number of carbonyl (C=O) groups excluding carboxylic acids is 2. The maximum absolute atomic E-state index is 12.9. The molecule has 3 atom stereocenters. The topological polar surface area (TPSA) is 126 Å². The summed E-state index contributed by atoms with van der Waals surface area (Å²) in [6.45, 7) is 2.57. The van der Waals surface area contributed by atoms with Crippen LogP contribution in [0.3, 0.4) is 0 Å². The molecule has 0 aromatic carbocycles. The van der Waals surface area contributed by atoms with Gasteiger partial charge in [0.25, 0.3) is 5.91 Å². The predicted molar refractivity (Wildman–Crippen MR) is 95.3 cm³/mol. The van der Waals surface area contributed by atoms with Gasteiger partial charge in [0.1, 0.15) is 12.0 Å². The number of aliphatic hydroxyl groups excluding tert-OH is 1. The summed E-state index contributed by atoms with van der Waals surface area (Å²) in [6.07, 6.45) is 1.95. The minimum Gasteiger partial charge on any atom is -0.456 e. The fraction of sp³-hybridized carbons (Fsp3) is 0.474. The number of nitrogens with one attached hydrogen (secondary N) is 1. The van der Waals surface area contributed by atoms with Gasteiger partial charge in [0, 0.05) is 36.6 Å². The summed E-state index contributed by atoms with van der Waals surface area (Å²) in [6, 6.07) is 1.81. The molecule has 1 saturated carbocycles. The SMILES string of the molecule is Cc1cc(=O)cc(C(=O)N[C@@H]2C[C@H](C(=O)N3CCc4nocc4C3)C[C@H]2O)o1. The van der Waals surface area contributed by atoms with Crippen LogP contribution in [0.15, 0.2) is 32.1 Å². The number of fused-ring (bicyclic) bond motifs is 1. The molecule has 4 rings (SSSR count). The molecule has 0 spiro atoms. The lowest BCUT2D eigenvalue weighted by molar-refractivity contribution is -0.136. The molecule has 1 aliphatic heterocycles. The summed E-state index contributed by atoms with van der Waals surface area (Å²) < 4.78 is 10.2. The van der Waals surface area contributed by atoms with Crippen molar-refractivity contribution >= 4 is 11.8 Å². The molecule has 0 unspecified atom stereocenters. The van der Waals surface area contributed by atoms with Crippen LogP contribution >= 0.6 is 0 Å². The van der Waals surface area contributed by atoms with E-state index in [0.29, 0.717) is 31.7 Å². The van der Waals surface area contributed by atoms with Crippen molar-refractivity contribution in [3.8, 4) is 0 Å². The molecule has 148 valence electrons. The van der Waals surface area contributed by atoms with E-state index in [1.54, 1.807) is 18.1 Å². The molecule has 9 nitrogen and oxygen atoms in total. The van der Waals surface area contributed by atoms with E-state index in [4.69, 9.17) is 8.94 Å². The Balaban J connectivity index is 1.40. The van der Waals surface area contributed by atoms with E-state index in [-0.39, 0.29) is 29.4 Å². The third kappa shape index (κ3) is 3.57. The van der Waals surface area contributed by atoms with Crippen molar-refractivity contribution in [1.82, 2.24) is 15.4 Å². The van der Waals surface area contributed by atoms with Crippen LogP contribution in [0.25, 0.3) is 0 Å². The van der Waals surface area contributed by atoms with Crippen molar-refractivity contribution in [2.45, 2.75) is 44.9 Å². The standard InChI is InChI=1S/C19H21N3O6/c1-10-4-13(23)7-17(28-10)18(25)20-15-5-11(6-16(15)24)19(26)22-3-2-14-12(8-22)9-27-21-14/h4,7,9,11,15-16,24H,2-3,5-6,8H2,1H3,(H,20,25)/t11-,15+,16+/m0/s1. The van der Waals surface area contributed by atoms with Crippen LogP contribution in [0.1, 0.15) is 40.4 Å². The molecular formula is C19H21N3O6. The van der Waals surface area contributed by atoms with Crippen molar-refractivity contribution < 1.29 is 23.6 Å². The third-order valence-corrected chi connectivity index (χ3v) is 5.33. The van der Waals surface area contributed by atoms with Crippen molar-refractivity contribution in [1.29, 1.82) is 0 Å². The van der Waals surface area contributed by atoms with Crippen LogP contribution in [-0.4, -0.2) is 45.7 Å². The zero-order valence-electron chi connectivity index (χ0n) is 15.4. The highest BCUT2D eigenvalue weighted by atomic mass is 16.5. The maximum Gasteiger partial charge on any atom is 0.287 e. The van der Waals surface area contributed by atoms with Gasteiger partial charge in [0.05, 0.1) is 24.4 Å². The van der Waals surface area contributed by atoms with E-state index >= 15 is 0 Å². The first kappa shape index (κ1) is 18.4. The van der Waals surface area contributed by atoms with E-state index in [9.17, 15) is 19.5 Å². The zero-order chi connectivity index (χ0) is 19.8. The lowest BCUT2D eigenvalue weighted by atomic mass is 10.0. The minimum atomic E-state index is -0.842. The van der Waals surface area contributed by atoms with E-state index in [1.165, 1.54) is 6.07 Å². The van der Waals surface area contributed by atoms with Crippen molar-refractivity contribution in [3.05, 3.63) is 51.4 Å². The number of aryl methyl sites for hydroxylation is 1. The van der Waals surface area contributed by atoms with Crippen LogP contribution < -0.4 is 10.7 Å². The molecule has 2 amide bonds. The number of amides is 2. The fourth-order valence-electron chi connectivity index (χ4n) is 3.91. The van der Waals surface area contributed by atoms with Gasteiger partial charge >= 0.3 is 0 Å². The van der Waals surface area contributed by atoms with Gasteiger partial charge in [-0.1, -0.05) is 5.16 Å². The van der Waals surface area contributed by atoms with Gasteiger partial charge in [-0.2, -0.15) is 0 Å². The molecule has 0 radical (unpaired) electrons. The summed E-state index contributed by atoms with van der Waals surface area (Å²) in [7, 11) is 0. The summed E-state index contributed by atoms with van der Waals surface area (Å²) in [4.78, 5) is 38.5. The van der Waals surface area contributed by atoms with Gasteiger partial charge in [-0.25, -0.2) is 0 Å². The number of hydrogen-bond acceptors (Lipinski definition) is 7. The average Bonchev–Trinajstić information content (AvgIpc) is 3.26. The Morgan fingerprint density at radius 2 is 2.14 bits per heavy atom. The first-order valence-electron chi connectivity index (χ1n) is 9.22. The lowest BCUT2D eigenvalue weighted by Crippen LogP contribution is -2.41. The highest BCUT2D eigenvalue weighted by molar-refractivity contribution is 5.91. The fourth-order valence-corrected chi connectivity index (χ4v) is 3.91. The van der Waals surface area contributed by atoms with Gasteiger partial charge in [-0.05, 0) is 19.8 Å². The van der Waals surface area contributed by atoms with Gasteiger partial charge in [-0.15, -0.1) is 0 Å². The summed E-state index contributed by atoms with van der Waals surface area (Å²) >= 11 is 0. The second kappa shape index (κ2) is 7.23. The number of aromatic nitrogens is 1. The Hall–Kier alpha value is -2.94. The molecule has 9 heteroatoms. The third-order valence-electron chi connectivity index (χ3n) is 5.33. The summed E-state index contributed by atoms with van der Waals surface area (Å²) in [5.74, 6) is -0.792. The largest absolute Gasteiger partial charge is 0.456 e. The van der Waals surface area contributed by atoms with Crippen LogP contribution in [0.2, 0.25) is 0 Å². The molecular weight excluding hydrogens is 366 g/mol. The maximum atomic E-state index is 12.9. The Kier molecular flexibility index (Phi) is 4.76. The normalized spacial score (nSPS) is 24.1. The van der Waals surface area contributed by atoms with Crippen LogP contribution in [0, 0.1) is 12.8 Å². The molecule has 1 fully saturated rings. The van der Waals surface area contributed by atoms with Crippen LogP contribution in [0.5, 0.6) is 0 Å².